The minimum Gasteiger partial charge on any atom is -0.481 e. The molecule has 1 saturated heterocycles. The monoisotopic (exact) mass is 427 g/mol. The van der Waals surface area contributed by atoms with Crippen molar-refractivity contribution in [1.29, 1.82) is 0 Å². The molecule has 4 N–H and O–H groups in total. The zero-order valence-electron chi connectivity index (χ0n) is 18.9. The van der Waals surface area contributed by atoms with E-state index in [1.54, 1.807) is 12.4 Å². The number of carboxylic acids is 2. The van der Waals surface area contributed by atoms with Crippen molar-refractivity contribution in [2.45, 2.75) is 71.0 Å². The Labute approximate surface area is 178 Å². The number of hydrogen-bond acceptors (Lipinski definition) is 7. The van der Waals surface area contributed by atoms with Gasteiger partial charge in [-0.2, -0.15) is 5.06 Å². The lowest BCUT2D eigenvalue weighted by atomic mass is 9.74. The van der Waals surface area contributed by atoms with Gasteiger partial charge < -0.3 is 20.5 Å². The first-order chi connectivity index (χ1) is 13.7. The topological polar surface area (TPSA) is 134 Å². The number of nitrogens with zero attached hydrogens (tertiary/aromatic N) is 3. The van der Waals surface area contributed by atoms with Gasteiger partial charge in [0, 0.05) is 36.6 Å². The van der Waals surface area contributed by atoms with E-state index >= 15 is 0 Å². The Hall–Kier alpha value is -2.07. The van der Waals surface area contributed by atoms with Crippen molar-refractivity contribution in [3.05, 3.63) is 30.6 Å². The standard InChI is InChI=1S/C12H26N2O2.C5H5N.C4H6O4/c1-10(2)9-14(16)12(5,6)11(3,4)13(10)7-8-15;1-2-4-6-5-3-1;5-3(6)1-2-4(7)8/h15-16H,7-9H2,1-6H3;1-5H;1-2H2,(H,5,6)(H,7,8). The van der Waals surface area contributed by atoms with Crippen LogP contribution in [-0.2, 0) is 9.59 Å². The fraction of sp³-hybridized carbons (Fsp3) is 0.667. The molecule has 0 spiro atoms. The van der Waals surface area contributed by atoms with Crippen molar-refractivity contribution in [2.24, 2.45) is 0 Å². The molecule has 2 rings (SSSR count). The smallest absolute Gasteiger partial charge is 0.303 e. The Balaban J connectivity index is 0.000000496. The molecule has 9 heteroatoms. The summed E-state index contributed by atoms with van der Waals surface area (Å²) in [4.78, 5) is 25.4. The summed E-state index contributed by atoms with van der Waals surface area (Å²) in [6, 6.07) is 5.72. The van der Waals surface area contributed by atoms with Gasteiger partial charge in [0.1, 0.15) is 0 Å². The minimum absolute atomic E-state index is 0.142. The first-order valence-electron chi connectivity index (χ1n) is 9.84. The first kappa shape index (κ1) is 27.9. The number of rotatable bonds is 5. The molecule has 0 atom stereocenters. The zero-order chi connectivity index (χ0) is 23.6. The maximum Gasteiger partial charge on any atom is 0.303 e. The Morgan fingerprint density at radius 2 is 1.37 bits per heavy atom. The zero-order valence-corrected chi connectivity index (χ0v) is 18.9. The third-order valence-electron chi connectivity index (χ3n) is 5.53. The first-order valence-corrected chi connectivity index (χ1v) is 9.84. The molecule has 0 aromatic carbocycles. The van der Waals surface area contributed by atoms with Crippen LogP contribution in [0, 0.1) is 0 Å². The largest absolute Gasteiger partial charge is 0.481 e. The molecule has 0 saturated carbocycles. The van der Waals surface area contributed by atoms with Gasteiger partial charge in [-0.25, -0.2) is 0 Å². The van der Waals surface area contributed by atoms with Crippen molar-refractivity contribution in [2.75, 3.05) is 19.7 Å². The Bertz CT molecular complexity index is 609. The summed E-state index contributed by atoms with van der Waals surface area (Å²) in [5.41, 5.74) is -0.680. The molecular weight excluding hydrogens is 390 g/mol. The molecule has 0 unspecified atom stereocenters. The molecular formula is C21H37N3O6. The molecule has 9 nitrogen and oxygen atoms in total. The van der Waals surface area contributed by atoms with E-state index in [1.807, 2.05) is 32.0 Å². The van der Waals surface area contributed by atoms with Crippen LogP contribution in [0.4, 0.5) is 0 Å². The second-order valence-corrected chi connectivity index (χ2v) is 8.68. The fourth-order valence-electron chi connectivity index (χ4n) is 3.26. The number of hydroxylamine groups is 2. The predicted molar refractivity (Wildman–Crippen MR) is 113 cm³/mol. The number of β-amino-alcohol motifs (C(OH)–C–C–N with tert-alkyl or cyclic N) is 1. The summed E-state index contributed by atoms with van der Waals surface area (Å²) < 4.78 is 0. The number of carboxylic acid groups (broad SMARTS) is 2. The van der Waals surface area contributed by atoms with Crippen LogP contribution in [-0.4, -0.2) is 83.7 Å². The second kappa shape index (κ2) is 11.9. The molecule has 2 heterocycles. The lowest BCUT2D eigenvalue weighted by Crippen LogP contribution is -2.76. The van der Waals surface area contributed by atoms with E-state index in [-0.39, 0.29) is 36.1 Å². The summed E-state index contributed by atoms with van der Waals surface area (Å²) >= 11 is 0. The van der Waals surface area contributed by atoms with E-state index in [4.69, 9.17) is 10.2 Å². The van der Waals surface area contributed by atoms with Crippen LogP contribution < -0.4 is 0 Å². The average molecular weight is 428 g/mol. The van der Waals surface area contributed by atoms with Crippen LogP contribution in [0.15, 0.2) is 30.6 Å². The molecule has 30 heavy (non-hydrogen) atoms. The minimum atomic E-state index is -1.08. The number of aliphatic carboxylic acids is 2. The lowest BCUT2D eigenvalue weighted by Gasteiger charge is -2.62. The molecule has 0 bridgehead atoms. The van der Waals surface area contributed by atoms with Crippen LogP contribution in [0.1, 0.15) is 54.4 Å². The molecule has 1 aliphatic heterocycles. The van der Waals surface area contributed by atoms with Gasteiger partial charge in [0.15, 0.2) is 0 Å². The van der Waals surface area contributed by atoms with E-state index in [0.29, 0.717) is 13.1 Å². The number of carbonyl (C=O) groups is 2. The van der Waals surface area contributed by atoms with Crippen molar-refractivity contribution < 1.29 is 30.1 Å². The quantitative estimate of drug-likeness (QED) is 0.558. The normalized spacial score (nSPS) is 19.5. The van der Waals surface area contributed by atoms with E-state index < -0.39 is 11.9 Å². The van der Waals surface area contributed by atoms with E-state index in [2.05, 4.69) is 37.6 Å². The van der Waals surface area contributed by atoms with Gasteiger partial charge in [-0.05, 0) is 53.7 Å². The highest BCUT2D eigenvalue weighted by atomic mass is 16.5. The molecule has 1 aromatic heterocycles. The maximum absolute atomic E-state index is 10.1. The van der Waals surface area contributed by atoms with Gasteiger partial charge in [-0.3, -0.25) is 19.5 Å². The number of pyridine rings is 1. The lowest BCUT2D eigenvalue weighted by molar-refractivity contribution is -0.265. The summed E-state index contributed by atoms with van der Waals surface area (Å²) in [6.07, 6.45) is 2.91. The Morgan fingerprint density at radius 1 is 0.900 bits per heavy atom. The molecule has 0 aliphatic carbocycles. The SMILES string of the molecule is CC1(C)CN(O)C(C)(C)C(C)(C)N1CCO.O=C(O)CCC(=O)O.c1ccncc1. The van der Waals surface area contributed by atoms with Gasteiger partial charge in [0.25, 0.3) is 0 Å². The molecule has 1 fully saturated rings. The van der Waals surface area contributed by atoms with Gasteiger partial charge in [0.2, 0.25) is 0 Å². The van der Waals surface area contributed by atoms with Gasteiger partial charge in [0.05, 0.1) is 25.0 Å². The highest BCUT2D eigenvalue weighted by molar-refractivity contribution is 5.75. The number of piperazine rings is 1. The Kier molecular flexibility index (Phi) is 11.1. The van der Waals surface area contributed by atoms with Crippen LogP contribution in [0.2, 0.25) is 0 Å². The van der Waals surface area contributed by atoms with Gasteiger partial charge >= 0.3 is 11.9 Å². The van der Waals surface area contributed by atoms with Crippen molar-refractivity contribution >= 4 is 11.9 Å². The number of aliphatic hydroxyl groups excluding tert-OH is 1. The van der Waals surface area contributed by atoms with Crippen molar-refractivity contribution in [1.82, 2.24) is 14.9 Å². The highest BCUT2D eigenvalue weighted by Crippen LogP contribution is 2.41. The number of aliphatic hydroxyl groups is 1. The predicted octanol–water partition coefficient (Wildman–Crippen LogP) is 2.34. The molecule has 1 aromatic rings. The highest BCUT2D eigenvalue weighted by Gasteiger charge is 2.54. The van der Waals surface area contributed by atoms with Crippen LogP contribution in [0.25, 0.3) is 0 Å². The van der Waals surface area contributed by atoms with Gasteiger partial charge in [-0.1, -0.05) is 6.07 Å². The van der Waals surface area contributed by atoms with Crippen LogP contribution in [0.5, 0.6) is 0 Å². The maximum atomic E-state index is 10.1. The Morgan fingerprint density at radius 3 is 1.67 bits per heavy atom. The van der Waals surface area contributed by atoms with Gasteiger partial charge in [-0.15, -0.1) is 0 Å². The molecule has 1 aliphatic rings. The third kappa shape index (κ3) is 8.35. The third-order valence-corrected chi connectivity index (χ3v) is 5.53. The van der Waals surface area contributed by atoms with Crippen LogP contribution in [0.3, 0.4) is 0 Å². The van der Waals surface area contributed by atoms with E-state index in [0.717, 1.165) is 0 Å². The average Bonchev–Trinajstić information content (AvgIpc) is 2.65. The van der Waals surface area contributed by atoms with Crippen LogP contribution >= 0.6 is 0 Å². The van der Waals surface area contributed by atoms with E-state index in [9.17, 15) is 19.9 Å². The molecule has 0 amide bonds. The van der Waals surface area contributed by atoms with Crippen molar-refractivity contribution in [3.63, 3.8) is 0 Å². The summed E-state index contributed by atoms with van der Waals surface area (Å²) in [6.45, 7) is 13.9. The summed E-state index contributed by atoms with van der Waals surface area (Å²) in [5, 5.41) is 36.6. The second-order valence-electron chi connectivity index (χ2n) is 8.68. The summed E-state index contributed by atoms with van der Waals surface area (Å²) in [7, 11) is 0. The number of aromatic nitrogens is 1. The van der Waals surface area contributed by atoms with E-state index in [1.165, 1.54) is 5.06 Å². The summed E-state index contributed by atoms with van der Waals surface area (Å²) in [5.74, 6) is -2.15. The molecule has 0 radical (unpaired) electrons. The fourth-order valence-corrected chi connectivity index (χ4v) is 3.26. The number of hydrogen-bond donors (Lipinski definition) is 4. The molecule has 172 valence electrons. The van der Waals surface area contributed by atoms with Crippen molar-refractivity contribution in [3.8, 4) is 0 Å².